The molecule has 0 atom stereocenters. The number of halogens is 1. The zero-order chi connectivity index (χ0) is 18.2. The lowest BCUT2D eigenvalue weighted by atomic mass is 10.2. The number of amides is 1. The maximum atomic E-state index is 12.8. The first-order chi connectivity index (χ1) is 12.7. The zero-order valence-corrected chi connectivity index (χ0v) is 14.8. The second-order valence-corrected chi connectivity index (χ2v) is 6.79. The van der Waals surface area contributed by atoms with Gasteiger partial charge in [-0.25, -0.2) is 4.39 Å². The van der Waals surface area contributed by atoms with E-state index < -0.39 is 0 Å². The third-order valence-electron chi connectivity index (χ3n) is 3.54. The van der Waals surface area contributed by atoms with Crippen LogP contribution in [0.5, 0.6) is 0 Å². The summed E-state index contributed by atoms with van der Waals surface area (Å²) in [4.78, 5) is 12.9. The fourth-order valence-corrected chi connectivity index (χ4v) is 3.13. The molecule has 5 nitrogen and oxygen atoms in total. The van der Waals surface area contributed by atoms with Crippen LogP contribution in [-0.4, -0.2) is 21.9 Å². The Hall–Kier alpha value is -2.67. The minimum atomic E-state index is -0.250. The molecule has 1 heterocycles. The van der Waals surface area contributed by atoms with Gasteiger partial charge in [-0.1, -0.05) is 35.4 Å². The monoisotopic (exact) mass is 371 g/mol. The van der Waals surface area contributed by atoms with E-state index in [1.54, 1.807) is 23.9 Å². The van der Waals surface area contributed by atoms with Crippen molar-refractivity contribution in [2.45, 2.75) is 24.2 Å². The van der Waals surface area contributed by atoms with Gasteiger partial charge in [0.15, 0.2) is 0 Å². The van der Waals surface area contributed by atoms with Crippen LogP contribution in [0.4, 0.5) is 10.4 Å². The molecule has 2 aromatic carbocycles. The van der Waals surface area contributed by atoms with Crippen molar-refractivity contribution in [2.75, 3.05) is 11.1 Å². The van der Waals surface area contributed by atoms with Gasteiger partial charge in [0, 0.05) is 11.3 Å². The van der Waals surface area contributed by atoms with E-state index in [-0.39, 0.29) is 17.7 Å². The lowest BCUT2D eigenvalue weighted by Crippen LogP contribution is -2.11. The first-order valence-electron chi connectivity index (χ1n) is 8.23. The second kappa shape index (κ2) is 9.15. The average Bonchev–Trinajstić information content (AvgIpc) is 3.08. The topological polar surface area (TPSA) is 68.0 Å². The quantitative estimate of drug-likeness (QED) is 0.472. The van der Waals surface area contributed by atoms with Crippen LogP contribution < -0.4 is 5.32 Å². The maximum absolute atomic E-state index is 12.8. The average molecular weight is 371 g/mol. The zero-order valence-electron chi connectivity index (χ0n) is 14.0. The van der Waals surface area contributed by atoms with E-state index in [0.717, 1.165) is 16.2 Å². The number of benzene rings is 2. The molecule has 0 aliphatic rings. The van der Waals surface area contributed by atoms with Crippen molar-refractivity contribution in [3.05, 3.63) is 71.9 Å². The van der Waals surface area contributed by atoms with Crippen LogP contribution in [0, 0.1) is 5.82 Å². The van der Waals surface area contributed by atoms with Crippen LogP contribution in [0.15, 0.2) is 63.9 Å². The van der Waals surface area contributed by atoms with Crippen molar-refractivity contribution in [3.63, 3.8) is 0 Å². The molecule has 0 aliphatic heterocycles. The molecule has 3 rings (SSSR count). The van der Waals surface area contributed by atoms with Crippen molar-refractivity contribution in [1.29, 1.82) is 0 Å². The summed E-state index contributed by atoms with van der Waals surface area (Å²) < 4.78 is 18.3. The third-order valence-corrected chi connectivity index (χ3v) is 4.64. The second-order valence-electron chi connectivity index (χ2n) is 5.62. The van der Waals surface area contributed by atoms with Crippen molar-refractivity contribution in [1.82, 2.24) is 10.2 Å². The van der Waals surface area contributed by atoms with Gasteiger partial charge in [-0.15, -0.1) is 16.9 Å². The van der Waals surface area contributed by atoms with E-state index in [2.05, 4.69) is 15.5 Å². The molecular formula is C19H18FN3O2S. The van der Waals surface area contributed by atoms with E-state index in [1.165, 1.54) is 12.1 Å². The number of anilines is 1. The number of thioether (sulfide) groups is 1. The number of carbonyl (C=O) groups is 1. The van der Waals surface area contributed by atoms with Crippen molar-refractivity contribution >= 4 is 23.7 Å². The molecule has 0 unspecified atom stereocenters. The van der Waals surface area contributed by atoms with Gasteiger partial charge in [-0.2, -0.15) is 0 Å². The summed E-state index contributed by atoms with van der Waals surface area (Å²) >= 11 is 1.58. The van der Waals surface area contributed by atoms with Gasteiger partial charge in [0.2, 0.25) is 11.8 Å². The molecule has 0 spiro atoms. The minimum Gasteiger partial charge on any atom is -0.407 e. The smallest absolute Gasteiger partial charge is 0.322 e. The molecule has 0 bridgehead atoms. The Balaban J connectivity index is 1.39. The van der Waals surface area contributed by atoms with Crippen molar-refractivity contribution < 1.29 is 13.6 Å². The van der Waals surface area contributed by atoms with Crippen LogP contribution in [0.3, 0.4) is 0 Å². The first kappa shape index (κ1) is 18.1. The Labute approximate surface area is 155 Å². The molecule has 0 radical (unpaired) electrons. The fraction of sp³-hybridized carbons (Fsp3) is 0.211. The van der Waals surface area contributed by atoms with E-state index >= 15 is 0 Å². The van der Waals surface area contributed by atoms with Crippen LogP contribution in [-0.2, 0) is 11.2 Å². The van der Waals surface area contributed by atoms with E-state index in [0.29, 0.717) is 25.2 Å². The molecule has 1 N–H and O–H groups in total. The van der Waals surface area contributed by atoms with E-state index in [1.807, 2.05) is 30.3 Å². The van der Waals surface area contributed by atoms with Crippen molar-refractivity contribution in [2.24, 2.45) is 0 Å². The predicted molar refractivity (Wildman–Crippen MR) is 98.5 cm³/mol. The minimum absolute atomic E-state index is 0.118. The van der Waals surface area contributed by atoms with Gasteiger partial charge in [-0.3, -0.25) is 10.1 Å². The molecule has 0 aliphatic carbocycles. The van der Waals surface area contributed by atoms with Gasteiger partial charge in [0.1, 0.15) is 5.82 Å². The summed E-state index contributed by atoms with van der Waals surface area (Å²) in [5.41, 5.74) is 1.06. The number of aromatic nitrogens is 2. The molecule has 134 valence electrons. The molecule has 0 saturated carbocycles. The van der Waals surface area contributed by atoms with Crippen LogP contribution in [0.2, 0.25) is 0 Å². The highest BCUT2D eigenvalue weighted by Crippen LogP contribution is 2.19. The van der Waals surface area contributed by atoms with Crippen LogP contribution >= 0.6 is 11.8 Å². The third kappa shape index (κ3) is 5.70. The normalized spacial score (nSPS) is 10.7. The molecule has 26 heavy (non-hydrogen) atoms. The highest BCUT2D eigenvalue weighted by Gasteiger charge is 2.10. The summed E-state index contributed by atoms with van der Waals surface area (Å²) in [6.07, 6.45) is 1.57. The summed E-state index contributed by atoms with van der Waals surface area (Å²) in [5, 5.41) is 10.4. The van der Waals surface area contributed by atoms with E-state index in [9.17, 15) is 9.18 Å². The van der Waals surface area contributed by atoms with Gasteiger partial charge in [0.05, 0.1) is 6.42 Å². The lowest BCUT2D eigenvalue weighted by molar-refractivity contribution is -0.116. The maximum Gasteiger partial charge on any atom is 0.322 e. The highest BCUT2D eigenvalue weighted by atomic mass is 32.2. The van der Waals surface area contributed by atoms with Crippen LogP contribution in [0.1, 0.15) is 24.3 Å². The summed E-state index contributed by atoms with van der Waals surface area (Å²) in [5.74, 6) is 0.806. The Morgan fingerprint density at radius 1 is 1.08 bits per heavy atom. The summed E-state index contributed by atoms with van der Waals surface area (Å²) in [7, 11) is 0. The Morgan fingerprint density at radius 2 is 1.85 bits per heavy atom. The SMILES string of the molecule is O=C(CCCSc1ccc(F)cc1)Nc1nnc(Cc2ccccc2)o1. The number of hydrogen-bond acceptors (Lipinski definition) is 5. The number of hydrogen-bond donors (Lipinski definition) is 1. The van der Waals surface area contributed by atoms with Gasteiger partial charge >= 0.3 is 6.01 Å². The predicted octanol–water partition coefficient (Wildman–Crippen LogP) is 4.31. The molecule has 7 heteroatoms. The van der Waals surface area contributed by atoms with E-state index in [4.69, 9.17) is 4.42 Å². The first-order valence-corrected chi connectivity index (χ1v) is 9.22. The molecule has 0 fully saturated rings. The molecule has 0 saturated heterocycles. The fourth-order valence-electron chi connectivity index (χ4n) is 2.28. The number of nitrogens with one attached hydrogen (secondary N) is 1. The number of nitrogens with zero attached hydrogens (tertiary/aromatic N) is 2. The largest absolute Gasteiger partial charge is 0.407 e. The molecule has 1 aromatic heterocycles. The molecule has 3 aromatic rings. The number of carbonyl (C=O) groups excluding carboxylic acids is 1. The number of rotatable bonds is 8. The standard InChI is InChI=1S/C19H18FN3O2S/c20-15-8-10-16(11-9-15)26-12-4-7-17(24)21-19-23-22-18(25-19)13-14-5-2-1-3-6-14/h1-3,5-6,8-11H,4,7,12-13H2,(H,21,23,24). The highest BCUT2D eigenvalue weighted by molar-refractivity contribution is 7.99. The lowest BCUT2D eigenvalue weighted by Gasteiger charge is -2.02. The Morgan fingerprint density at radius 3 is 2.62 bits per heavy atom. The van der Waals surface area contributed by atoms with Crippen LogP contribution in [0.25, 0.3) is 0 Å². The van der Waals surface area contributed by atoms with Gasteiger partial charge in [0.25, 0.3) is 0 Å². The summed E-state index contributed by atoms with van der Waals surface area (Å²) in [6, 6.07) is 16.2. The van der Waals surface area contributed by atoms with Crippen molar-refractivity contribution in [3.8, 4) is 0 Å². The van der Waals surface area contributed by atoms with Gasteiger partial charge < -0.3 is 4.42 Å². The molecule has 1 amide bonds. The Kier molecular flexibility index (Phi) is 6.38. The summed E-state index contributed by atoms with van der Waals surface area (Å²) in [6.45, 7) is 0. The Bertz CT molecular complexity index is 838. The van der Waals surface area contributed by atoms with Gasteiger partial charge in [-0.05, 0) is 42.0 Å². The molecular weight excluding hydrogens is 353 g/mol.